The number of benzene rings is 3. The predicted molar refractivity (Wildman–Crippen MR) is 236 cm³/mol. The number of carbonyl (C=O) groups excluding carboxylic acids is 5. The van der Waals surface area contributed by atoms with Gasteiger partial charge in [-0.05, 0) is 139 Å². The van der Waals surface area contributed by atoms with Gasteiger partial charge in [-0.1, -0.05) is 30.3 Å². The second-order valence-electron chi connectivity index (χ2n) is 18.5. The number of nitrogens with zero attached hydrogens (tertiary/aromatic N) is 1. The Morgan fingerprint density at radius 3 is 2.16 bits per heavy atom. The van der Waals surface area contributed by atoms with Crippen LogP contribution in [0, 0.1) is 18.8 Å². The highest BCUT2D eigenvalue weighted by Gasteiger charge is 2.31. The number of carbonyl (C=O) groups is 5. The average Bonchev–Trinajstić information content (AvgIpc) is 3.58. The van der Waals surface area contributed by atoms with E-state index in [1.807, 2.05) is 84.9 Å². The molecule has 1 saturated heterocycles. The van der Waals surface area contributed by atoms with Crippen molar-refractivity contribution in [1.29, 1.82) is 0 Å². The van der Waals surface area contributed by atoms with Crippen molar-refractivity contribution in [1.82, 2.24) is 25.8 Å². The lowest BCUT2D eigenvalue weighted by Crippen LogP contribution is -2.48. The van der Waals surface area contributed by atoms with Gasteiger partial charge in [0.25, 0.3) is 5.91 Å². The first-order chi connectivity index (χ1) is 29.3. The third kappa shape index (κ3) is 12.7. The number of piperidine rings is 1. The molecule has 1 unspecified atom stereocenters. The number of amides is 5. The van der Waals surface area contributed by atoms with Crippen LogP contribution in [0.15, 0.2) is 69.9 Å². The minimum atomic E-state index is -0.919. The molecule has 4 aromatic rings. The maximum Gasteiger partial charge on any atom is 0.417 e. The summed E-state index contributed by atoms with van der Waals surface area (Å²) in [6.45, 7) is 14.4. The highest BCUT2D eigenvalue weighted by atomic mass is 16.6. The van der Waals surface area contributed by atoms with E-state index >= 15 is 0 Å². The number of H-pyrrole nitrogens is 1. The van der Waals surface area contributed by atoms with Gasteiger partial charge < -0.3 is 40.1 Å². The summed E-state index contributed by atoms with van der Waals surface area (Å²) in [6, 6.07) is 17.2. The first kappa shape index (κ1) is 45.4. The van der Waals surface area contributed by atoms with Gasteiger partial charge in [0, 0.05) is 55.3 Å². The lowest BCUT2D eigenvalue weighted by Gasteiger charge is -2.33. The molecule has 15 heteroatoms. The number of oxazole rings is 1. The highest BCUT2D eigenvalue weighted by Crippen LogP contribution is 2.30. The van der Waals surface area contributed by atoms with Crippen LogP contribution in [0.1, 0.15) is 102 Å². The molecule has 0 radical (unpaired) electrons. The van der Waals surface area contributed by atoms with Crippen LogP contribution in [-0.2, 0) is 25.5 Å². The van der Waals surface area contributed by atoms with Gasteiger partial charge >= 0.3 is 17.9 Å². The molecule has 5 amide bonds. The number of anilines is 1. The maximum absolute atomic E-state index is 13.9. The second kappa shape index (κ2) is 19.3. The van der Waals surface area contributed by atoms with E-state index in [0.717, 1.165) is 35.1 Å². The van der Waals surface area contributed by atoms with Crippen molar-refractivity contribution >= 4 is 46.7 Å². The van der Waals surface area contributed by atoms with Crippen LogP contribution in [0.4, 0.5) is 15.3 Å². The molecule has 1 atom stereocenters. The van der Waals surface area contributed by atoms with Crippen LogP contribution in [0.25, 0.3) is 22.2 Å². The lowest BCUT2D eigenvalue weighted by atomic mass is 9.81. The number of aryl methyl sites for hydroxylation is 1. The Morgan fingerprint density at radius 1 is 0.839 bits per heavy atom. The van der Waals surface area contributed by atoms with Gasteiger partial charge in [-0.15, -0.1) is 0 Å². The Kier molecular flexibility index (Phi) is 14.1. The molecular formula is C47H60N6O9. The number of hydrogen-bond acceptors (Lipinski definition) is 9. The minimum Gasteiger partial charge on any atom is -0.444 e. The number of rotatable bonds is 11. The largest absolute Gasteiger partial charge is 0.444 e. The molecule has 15 nitrogen and oxygen atoms in total. The fourth-order valence-corrected chi connectivity index (χ4v) is 7.91. The first-order valence-electron chi connectivity index (χ1n) is 21.5. The van der Waals surface area contributed by atoms with Crippen molar-refractivity contribution in [3.8, 4) is 11.1 Å². The second-order valence-corrected chi connectivity index (χ2v) is 18.5. The Hall–Kier alpha value is -6.12. The average molecular weight is 853 g/mol. The van der Waals surface area contributed by atoms with E-state index in [2.05, 4.69) is 26.3 Å². The van der Waals surface area contributed by atoms with Crippen LogP contribution in [0.2, 0.25) is 0 Å². The molecule has 1 saturated carbocycles. The fraction of sp³-hybridized carbons (Fsp3) is 0.489. The number of alkyl carbamates (subject to hydrolysis) is 1. The Labute approximate surface area is 362 Å². The summed E-state index contributed by atoms with van der Waals surface area (Å²) in [4.78, 5) is 81.5. The number of aromatic nitrogens is 1. The molecule has 1 aliphatic heterocycles. The molecule has 1 aliphatic carbocycles. The molecular weight excluding hydrogens is 793 g/mol. The summed E-state index contributed by atoms with van der Waals surface area (Å²) in [5.41, 5.74) is 4.22. The molecule has 0 spiro atoms. The van der Waals surface area contributed by atoms with Gasteiger partial charge in [-0.25, -0.2) is 14.4 Å². The van der Waals surface area contributed by atoms with E-state index in [0.29, 0.717) is 67.7 Å². The summed E-state index contributed by atoms with van der Waals surface area (Å²) in [5, 5.41) is 11.9. The van der Waals surface area contributed by atoms with Crippen LogP contribution < -0.4 is 27.0 Å². The van der Waals surface area contributed by atoms with E-state index in [9.17, 15) is 28.8 Å². The number of ether oxygens (including phenoxy) is 2. The molecule has 3 aromatic carbocycles. The molecule has 62 heavy (non-hydrogen) atoms. The molecule has 5 N–H and O–H groups in total. The quantitative estimate of drug-likeness (QED) is 0.103. The van der Waals surface area contributed by atoms with E-state index in [4.69, 9.17) is 13.9 Å². The third-order valence-electron chi connectivity index (χ3n) is 11.1. The van der Waals surface area contributed by atoms with Crippen molar-refractivity contribution in [2.24, 2.45) is 11.8 Å². The van der Waals surface area contributed by atoms with Crippen LogP contribution in [-0.4, -0.2) is 82.7 Å². The number of aromatic amines is 1. The summed E-state index contributed by atoms with van der Waals surface area (Å²) in [5.74, 6) is -1.48. The lowest BCUT2D eigenvalue weighted by molar-refractivity contribution is -0.130. The van der Waals surface area contributed by atoms with Crippen molar-refractivity contribution < 1.29 is 37.9 Å². The molecule has 1 aromatic heterocycles. The Morgan fingerprint density at radius 2 is 1.52 bits per heavy atom. The van der Waals surface area contributed by atoms with Crippen molar-refractivity contribution in [3.63, 3.8) is 0 Å². The fourth-order valence-electron chi connectivity index (χ4n) is 7.91. The number of fused-ring (bicyclic) bond motifs is 1. The molecule has 0 bridgehead atoms. The van der Waals surface area contributed by atoms with Gasteiger partial charge in [0.05, 0.1) is 5.52 Å². The molecule has 2 aliphatic rings. The van der Waals surface area contributed by atoms with Gasteiger partial charge in [0.15, 0.2) is 5.58 Å². The standard InChI is InChI=1S/C47H60N6O9/c1-28-24-33(41(55)49-34-20-22-53(23-21-34)45(59)62-47(5,6)7)16-18-36(28)31-12-8-29(9-13-31)25-38(42(56)50-35-17-19-37-39(26-35)60-44(58)52-37)51-40(54)32-14-10-30(11-15-32)27-48-43(57)61-46(2,3)4/h8-9,12-13,16-19,24,26,30,32,34,38H,10-11,14-15,20-23,25,27H2,1-7H3,(H,48,57)(H,49,55)(H,50,56)(H,51,54)(H,52,58). The van der Waals surface area contributed by atoms with E-state index in [1.54, 1.807) is 29.2 Å². The Bertz CT molecular complexity index is 2300. The van der Waals surface area contributed by atoms with E-state index < -0.39 is 35.0 Å². The summed E-state index contributed by atoms with van der Waals surface area (Å²) < 4.78 is 16.0. The van der Waals surface area contributed by atoms with Gasteiger partial charge in [0.1, 0.15) is 17.2 Å². The van der Waals surface area contributed by atoms with Crippen molar-refractivity contribution in [3.05, 3.63) is 87.9 Å². The first-order valence-corrected chi connectivity index (χ1v) is 21.5. The van der Waals surface area contributed by atoms with Crippen LogP contribution in [0.3, 0.4) is 0 Å². The van der Waals surface area contributed by atoms with Crippen molar-refractivity contribution in [2.45, 2.75) is 117 Å². The predicted octanol–water partition coefficient (Wildman–Crippen LogP) is 7.22. The maximum atomic E-state index is 13.9. The number of likely N-dealkylation sites (tertiary alicyclic amines) is 1. The highest BCUT2D eigenvalue weighted by molar-refractivity contribution is 5.99. The minimum absolute atomic E-state index is 0.0513. The van der Waals surface area contributed by atoms with Crippen molar-refractivity contribution in [2.75, 3.05) is 25.0 Å². The normalized spacial score (nSPS) is 17.8. The smallest absolute Gasteiger partial charge is 0.417 e. The zero-order valence-corrected chi connectivity index (χ0v) is 36.8. The zero-order chi connectivity index (χ0) is 44.8. The summed E-state index contributed by atoms with van der Waals surface area (Å²) in [7, 11) is 0. The monoisotopic (exact) mass is 852 g/mol. The van der Waals surface area contributed by atoms with E-state index in [1.165, 1.54) is 0 Å². The molecule has 332 valence electrons. The van der Waals surface area contributed by atoms with Gasteiger partial charge in [-0.2, -0.15) is 0 Å². The zero-order valence-electron chi connectivity index (χ0n) is 36.8. The number of nitrogens with one attached hydrogen (secondary N) is 5. The Balaban J connectivity index is 1.07. The SMILES string of the molecule is Cc1cc(C(=O)NC2CCN(C(=O)OC(C)(C)C)CC2)ccc1-c1ccc(CC(NC(=O)C2CCC(CNC(=O)OC(C)(C)C)CC2)C(=O)Nc2ccc3[nH]c(=O)oc3c2)cc1. The molecule has 6 rings (SSSR count). The van der Waals surface area contributed by atoms with Crippen LogP contribution >= 0.6 is 0 Å². The summed E-state index contributed by atoms with van der Waals surface area (Å²) in [6.07, 6.45) is 3.42. The van der Waals surface area contributed by atoms with E-state index in [-0.39, 0.29) is 42.2 Å². The molecule has 2 fully saturated rings. The topological polar surface area (TPSA) is 201 Å². The third-order valence-corrected chi connectivity index (χ3v) is 11.1. The number of hydrogen-bond donors (Lipinski definition) is 5. The summed E-state index contributed by atoms with van der Waals surface area (Å²) >= 11 is 0. The molecule has 2 heterocycles. The van der Waals surface area contributed by atoms with Gasteiger partial charge in [0.2, 0.25) is 11.8 Å². The van der Waals surface area contributed by atoms with Crippen LogP contribution in [0.5, 0.6) is 0 Å². The van der Waals surface area contributed by atoms with Gasteiger partial charge in [-0.3, -0.25) is 19.4 Å².